The Balaban J connectivity index is 3.55. The van der Waals surface area contributed by atoms with E-state index in [0.717, 1.165) is 25.5 Å². The topological polar surface area (TPSA) is 29.5 Å². The number of ether oxygens (including phenoxy) is 1. The van der Waals surface area contributed by atoms with Crippen LogP contribution in [0.25, 0.3) is 0 Å². The molecule has 0 amide bonds. The van der Waals surface area contributed by atoms with Crippen LogP contribution in [0.2, 0.25) is 0 Å². The van der Waals surface area contributed by atoms with Crippen LogP contribution in [0.15, 0.2) is 12.3 Å². The van der Waals surface area contributed by atoms with Crippen LogP contribution in [0.4, 0.5) is 0 Å². The molecule has 0 spiro atoms. The predicted octanol–water partition coefficient (Wildman–Crippen LogP) is 3.29. The van der Waals surface area contributed by atoms with Gasteiger partial charge in [-0.3, -0.25) is 0 Å². The van der Waals surface area contributed by atoms with E-state index in [0.29, 0.717) is 5.92 Å². The Labute approximate surface area is 81.6 Å². The summed E-state index contributed by atoms with van der Waals surface area (Å²) in [5, 5.41) is 8.54. The Morgan fingerprint density at radius 1 is 1.46 bits per heavy atom. The third-order valence-corrected chi connectivity index (χ3v) is 2.41. The van der Waals surface area contributed by atoms with E-state index in [9.17, 15) is 0 Å². The Bertz CT molecular complexity index is 150. The van der Waals surface area contributed by atoms with Crippen LogP contribution in [0.5, 0.6) is 0 Å². The van der Waals surface area contributed by atoms with E-state index in [1.165, 1.54) is 0 Å². The summed E-state index contributed by atoms with van der Waals surface area (Å²) in [4.78, 5) is 0. The first-order valence-electron chi connectivity index (χ1n) is 4.88. The number of hydrogen-bond donors (Lipinski definition) is 1. The second-order valence-corrected chi connectivity index (χ2v) is 4.17. The lowest BCUT2D eigenvalue weighted by atomic mass is 9.97. The molecule has 0 heterocycles. The number of allylic oxidation sites excluding steroid dienone is 1. The van der Waals surface area contributed by atoms with E-state index in [-0.39, 0.29) is 5.60 Å². The molecule has 78 valence electrons. The third kappa shape index (κ3) is 6.64. The first-order valence-corrected chi connectivity index (χ1v) is 4.88. The van der Waals surface area contributed by atoms with Gasteiger partial charge in [-0.05, 0) is 38.7 Å². The van der Waals surface area contributed by atoms with Crippen molar-refractivity contribution in [2.75, 3.05) is 7.11 Å². The molecule has 1 N–H and O–H groups in total. The zero-order valence-corrected chi connectivity index (χ0v) is 9.21. The molecule has 0 rings (SSSR count). The summed E-state index contributed by atoms with van der Waals surface area (Å²) in [6.07, 6.45) is 6.25. The minimum atomic E-state index is -0.0113. The fourth-order valence-corrected chi connectivity index (χ4v) is 1.19. The molecule has 0 fully saturated rings. The molecule has 0 aliphatic rings. The lowest BCUT2D eigenvalue weighted by molar-refractivity contribution is 0.0130. The summed E-state index contributed by atoms with van der Waals surface area (Å²) in [7, 11) is 1.75. The van der Waals surface area contributed by atoms with Crippen LogP contribution in [0.3, 0.4) is 0 Å². The fraction of sp³-hybridized carbons (Fsp3) is 0.818. The number of aliphatic hydroxyl groups excluding tert-OH is 1. The van der Waals surface area contributed by atoms with Crippen molar-refractivity contribution in [2.45, 2.75) is 45.6 Å². The van der Waals surface area contributed by atoms with Crippen molar-refractivity contribution in [3.05, 3.63) is 12.3 Å². The summed E-state index contributed by atoms with van der Waals surface area (Å²) in [5.41, 5.74) is -0.0113. The molecule has 0 saturated heterocycles. The largest absolute Gasteiger partial charge is 0.516 e. The zero-order chi connectivity index (χ0) is 10.3. The van der Waals surface area contributed by atoms with Gasteiger partial charge in [-0.15, -0.1) is 0 Å². The molecule has 1 atom stereocenters. The van der Waals surface area contributed by atoms with Crippen molar-refractivity contribution < 1.29 is 9.84 Å². The maximum absolute atomic E-state index is 8.54. The average molecular weight is 186 g/mol. The van der Waals surface area contributed by atoms with Gasteiger partial charge in [0.25, 0.3) is 0 Å². The molecule has 0 bridgehead atoms. The second kappa shape index (κ2) is 6.03. The van der Waals surface area contributed by atoms with Gasteiger partial charge in [0.15, 0.2) is 0 Å². The molecule has 0 unspecified atom stereocenters. The smallest absolute Gasteiger partial charge is 0.0754 e. The molecule has 0 saturated carbocycles. The van der Waals surface area contributed by atoms with E-state index in [1.807, 2.05) is 6.08 Å². The van der Waals surface area contributed by atoms with Crippen LogP contribution in [0.1, 0.15) is 40.0 Å². The first-order chi connectivity index (χ1) is 6.02. The van der Waals surface area contributed by atoms with Crippen molar-refractivity contribution in [2.24, 2.45) is 5.92 Å². The summed E-state index contributed by atoms with van der Waals surface area (Å²) in [6.45, 7) is 6.30. The summed E-state index contributed by atoms with van der Waals surface area (Å²) < 4.78 is 5.31. The monoisotopic (exact) mass is 186 g/mol. The van der Waals surface area contributed by atoms with Gasteiger partial charge in [-0.1, -0.05) is 13.3 Å². The van der Waals surface area contributed by atoms with Crippen molar-refractivity contribution in [3.8, 4) is 0 Å². The van der Waals surface area contributed by atoms with Crippen molar-refractivity contribution >= 4 is 0 Å². The van der Waals surface area contributed by atoms with Gasteiger partial charge >= 0.3 is 0 Å². The Kier molecular flexibility index (Phi) is 5.80. The summed E-state index contributed by atoms with van der Waals surface area (Å²) in [6, 6.07) is 0. The maximum Gasteiger partial charge on any atom is 0.0754 e. The van der Waals surface area contributed by atoms with Crippen LogP contribution >= 0.6 is 0 Å². The summed E-state index contributed by atoms with van der Waals surface area (Å²) >= 11 is 0. The highest BCUT2D eigenvalue weighted by Gasteiger charge is 2.15. The second-order valence-electron chi connectivity index (χ2n) is 4.17. The van der Waals surface area contributed by atoms with E-state index < -0.39 is 0 Å². The van der Waals surface area contributed by atoms with Gasteiger partial charge < -0.3 is 9.84 Å². The average Bonchev–Trinajstić information content (AvgIpc) is 2.05. The van der Waals surface area contributed by atoms with Crippen LogP contribution in [-0.4, -0.2) is 17.8 Å². The number of hydrogen-bond acceptors (Lipinski definition) is 2. The standard InChI is InChI=1S/C11H22O2/c1-10(7-9-12)6-5-8-11(2,3)13-4/h7,9-10,12H,5-6,8H2,1-4H3/t10-/m0/s1. The van der Waals surface area contributed by atoms with Crippen molar-refractivity contribution in [1.82, 2.24) is 0 Å². The Hall–Kier alpha value is -0.500. The first kappa shape index (κ1) is 12.5. The molecular formula is C11H22O2. The van der Waals surface area contributed by atoms with Gasteiger partial charge in [0, 0.05) is 7.11 Å². The maximum atomic E-state index is 8.54. The van der Waals surface area contributed by atoms with Crippen molar-refractivity contribution in [1.29, 1.82) is 0 Å². The molecule has 2 nitrogen and oxygen atoms in total. The van der Waals surface area contributed by atoms with Crippen LogP contribution in [-0.2, 0) is 4.74 Å². The van der Waals surface area contributed by atoms with Crippen molar-refractivity contribution in [3.63, 3.8) is 0 Å². The summed E-state index contributed by atoms with van der Waals surface area (Å²) in [5.74, 6) is 0.456. The Morgan fingerprint density at radius 3 is 2.54 bits per heavy atom. The van der Waals surface area contributed by atoms with Crippen LogP contribution in [0, 0.1) is 5.92 Å². The SMILES string of the molecule is COC(C)(C)CCC[C@H](C)C=CO. The molecule has 2 heteroatoms. The molecule has 0 aliphatic carbocycles. The molecular weight excluding hydrogens is 164 g/mol. The molecule has 0 aliphatic heterocycles. The predicted molar refractivity (Wildman–Crippen MR) is 55.9 cm³/mol. The minimum Gasteiger partial charge on any atom is -0.516 e. The lowest BCUT2D eigenvalue weighted by Gasteiger charge is -2.22. The van der Waals surface area contributed by atoms with Gasteiger partial charge in [0.2, 0.25) is 0 Å². The van der Waals surface area contributed by atoms with E-state index in [1.54, 1.807) is 7.11 Å². The molecule has 13 heavy (non-hydrogen) atoms. The van der Waals surface area contributed by atoms with Gasteiger partial charge in [-0.25, -0.2) is 0 Å². The van der Waals surface area contributed by atoms with Gasteiger partial charge in [0.05, 0.1) is 11.9 Å². The van der Waals surface area contributed by atoms with Gasteiger partial charge in [0.1, 0.15) is 0 Å². The number of rotatable bonds is 6. The van der Waals surface area contributed by atoms with E-state index >= 15 is 0 Å². The quantitative estimate of drug-likeness (QED) is 0.645. The lowest BCUT2D eigenvalue weighted by Crippen LogP contribution is -2.22. The van der Waals surface area contributed by atoms with Crippen LogP contribution < -0.4 is 0 Å². The third-order valence-electron chi connectivity index (χ3n) is 2.41. The van der Waals surface area contributed by atoms with E-state index in [4.69, 9.17) is 9.84 Å². The highest BCUT2D eigenvalue weighted by atomic mass is 16.5. The highest BCUT2D eigenvalue weighted by Crippen LogP contribution is 2.19. The molecule has 0 aromatic carbocycles. The van der Waals surface area contributed by atoms with Gasteiger partial charge in [-0.2, -0.15) is 0 Å². The fourth-order valence-electron chi connectivity index (χ4n) is 1.19. The normalized spacial score (nSPS) is 15.1. The zero-order valence-electron chi connectivity index (χ0n) is 9.21. The number of aliphatic hydroxyl groups is 1. The number of methoxy groups -OCH3 is 1. The Morgan fingerprint density at radius 2 is 2.08 bits per heavy atom. The highest BCUT2D eigenvalue weighted by molar-refractivity contribution is 4.79. The molecule has 0 aromatic heterocycles. The molecule has 0 radical (unpaired) electrons. The van der Waals surface area contributed by atoms with E-state index in [2.05, 4.69) is 20.8 Å². The molecule has 0 aromatic rings. The minimum absolute atomic E-state index is 0.0113.